The van der Waals surface area contributed by atoms with Crippen LogP contribution in [0.2, 0.25) is 0 Å². The molecule has 1 aliphatic carbocycles. The Morgan fingerprint density at radius 1 is 1.47 bits per heavy atom. The third kappa shape index (κ3) is 4.50. The fraction of sp³-hybridized carbons (Fsp3) is 0.688. The van der Waals surface area contributed by atoms with Crippen LogP contribution in [0.25, 0.3) is 0 Å². The third-order valence-electron chi connectivity index (χ3n) is 4.45. The van der Waals surface area contributed by atoms with Crippen LogP contribution < -0.4 is 0 Å². The molecule has 0 aromatic carbocycles. The highest BCUT2D eigenvalue weighted by atomic mass is 16.4. The van der Waals surface area contributed by atoms with Gasteiger partial charge in [-0.05, 0) is 64.1 Å². The highest BCUT2D eigenvalue weighted by Gasteiger charge is 2.24. The molecule has 106 valence electrons. The van der Waals surface area contributed by atoms with Gasteiger partial charge >= 0.3 is 5.97 Å². The third-order valence-corrected chi connectivity index (χ3v) is 4.45. The molecule has 3 nitrogen and oxygen atoms in total. The molecule has 0 amide bonds. The Balaban J connectivity index is 1.95. The van der Waals surface area contributed by atoms with Crippen LogP contribution in [0.5, 0.6) is 0 Å². The maximum absolute atomic E-state index is 11.1. The SMILES string of the molecule is CN1CCC(CC(CC(=O)O)C2=CC=CCC2)CC1. The zero-order chi connectivity index (χ0) is 13.7. The molecular weight excluding hydrogens is 238 g/mol. The largest absolute Gasteiger partial charge is 0.481 e. The Morgan fingerprint density at radius 2 is 2.21 bits per heavy atom. The van der Waals surface area contributed by atoms with Crippen LogP contribution in [0.3, 0.4) is 0 Å². The van der Waals surface area contributed by atoms with Gasteiger partial charge in [-0.1, -0.05) is 23.8 Å². The molecule has 3 heteroatoms. The van der Waals surface area contributed by atoms with Crippen molar-refractivity contribution in [2.75, 3.05) is 20.1 Å². The highest BCUT2D eigenvalue weighted by molar-refractivity contribution is 5.67. The van der Waals surface area contributed by atoms with E-state index in [4.69, 9.17) is 5.11 Å². The number of carboxylic acid groups (broad SMARTS) is 1. The van der Waals surface area contributed by atoms with Gasteiger partial charge in [0.2, 0.25) is 0 Å². The molecule has 0 aromatic rings. The molecular formula is C16H25NO2. The molecule has 1 saturated heterocycles. The predicted molar refractivity (Wildman–Crippen MR) is 77.0 cm³/mol. The minimum Gasteiger partial charge on any atom is -0.481 e. The fourth-order valence-electron chi connectivity index (χ4n) is 3.24. The highest BCUT2D eigenvalue weighted by Crippen LogP contribution is 2.32. The number of carboxylic acids is 1. The Morgan fingerprint density at radius 3 is 2.79 bits per heavy atom. The lowest BCUT2D eigenvalue weighted by molar-refractivity contribution is -0.138. The van der Waals surface area contributed by atoms with Gasteiger partial charge in [-0.15, -0.1) is 0 Å². The molecule has 0 saturated carbocycles. The van der Waals surface area contributed by atoms with E-state index in [1.807, 2.05) is 0 Å². The van der Waals surface area contributed by atoms with Crippen molar-refractivity contribution in [1.82, 2.24) is 4.90 Å². The minimum absolute atomic E-state index is 0.246. The lowest BCUT2D eigenvalue weighted by atomic mass is 9.80. The molecule has 2 rings (SSSR count). The lowest BCUT2D eigenvalue weighted by Crippen LogP contribution is -2.31. The van der Waals surface area contributed by atoms with Crippen molar-refractivity contribution in [1.29, 1.82) is 0 Å². The lowest BCUT2D eigenvalue weighted by Gasteiger charge is -2.32. The summed E-state index contributed by atoms with van der Waals surface area (Å²) in [5, 5.41) is 9.13. The molecule has 0 aromatic heterocycles. The van der Waals surface area contributed by atoms with E-state index in [1.54, 1.807) is 0 Å². The molecule has 1 aliphatic heterocycles. The van der Waals surface area contributed by atoms with Crippen molar-refractivity contribution in [2.45, 2.75) is 38.5 Å². The van der Waals surface area contributed by atoms with Crippen molar-refractivity contribution in [3.63, 3.8) is 0 Å². The van der Waals surface area contributed by atoms with Crippen LogP contribution in [0.1, 0.15) is 38.5 Å². The quantitative estimate of drug-likeness (QED) is 0.828. The monoisotopic (exact) mass is 263 g/mol. The van der Waals surface area contributed by atoms with Crippen molar-refractivity contribution in [2.24, 2.45) is 11.8 Å². The second kappa shape index (κ2) is 6.90. The molecule has 0 bridgehead atoms. The molecule has 1 heterocycles. The Hall–Kier alpha value is -1.09. The van der Waals surface area contributed by atoms with Crippen LogP contribution >= 0.6 is 0 Å². The fourth-order valence-corrected chi connectivity index (χ4v) is 3.24. The first-order valence-corrected chi connectivity index (χ1v) is 7.41. The van der Waals surface area contributed by atoms with Crippen molar-refractivity contribution in [3.8, 4) is 0 Å². The Labute approximate surface area is 116 Å². The molecule has 1 N–H and O–H groups in total. The normalized spacial score (nSPS) is 23.1. The van der Waals surface area contributed by atoms with Crippen LogP contribution in [-0.2, 0) is 4.79 Å². The Bertz CT molecular complexity index is 365. The van der Waals surface area contributed by atoms with E-state index in [2.05, 4.69) is 30.2 Å². The van der Waals surface area contributed by atoms with Crippen LogP contribution in [0, 0.1) is 11.8 Å². The number of carbonyl (C=O) groups is 1. The van der Waals surface area contributed by atoms with Gasteiger partial charge in [0.1, 0.15) is 0 Å². The van der Waals surface area contributed by atoms with E-state index < -0.39 is 5.97 Å². The van der Waals surface area contributed by atoms with E-state index in [-0.39, 0.29) is 5.92 Å². The number of rotatable bonds is 5. The first-order chi connectivity index (χ1) is 9.15. The predicted octanol–water partition coefficient (Wildman–Crippen LogP) is 3.09. The maximum atomic E-state index is 11.1. The average Bonchev–Trinajstić information content (AvgIpc) is 2.41. The number of likely N-dealkylation sites (tertiary alicyclic amines) is 1. The summed E-state index contributed by atoms with van der Waals surface area (Å²) in [6.45, 7) is 2.31. The van der Waals surface area contributed by atoms with Gasteiger partial charge in [-0.25, -0.2) is 0 Å². The number of nitrogens with zero attached hydrogens (tertiary/aromatic N) is 1. The number of piperidine rings is 1. The van der Waals surface area contributed by atoms with E-state index >= 15 is 0 Å². The summed E-state index contributed by atoms with van der Waals surface area (Å²) >= 11 is 0. The zero-order valence-electron chi connectivity index (χ0n) is 11.8. The summed E-state index contributed by atoms with van der Waals surface area (Å²) in [6, 6.07) is 0. The van der Waals surface area contributed by atoms with Crippen molar-refractivity contribution in [3.05, 3.63) is 23.8 Å². The molecule has 0 spiro atoms. The number of aliphatic carboxylic acids is 1. The molecule has 0 radical (unpaired) electrons. The topological polar surface area (TPSA) is 40.5 Å². The maximum Gasteiger partial charge on any atom is 0.303 e. The van der Waals surface area contributed by atoms with Crippen molar-refractivity contribution < 1.29 is 9.90 Å². The molecule has 1 fully saturated rings. The molecule has 19 heavy (non-hydrogen) atoms. The molecule has 1 unspecified atom stereocenters. The number of allylic oxidation sites excluding steroid dienone is 4. The van der Waals surface area contributed by atoms with Crippen LogP contribution in [-0.4, -0.2) is 36.1 Å². The summed E-state index contributed by atoms with van der Waals surface area (Å²) in [7, 11) is 2.17. The van der Waals surface area contributed by atoms with E-state index in [0.717, 1.165) is 32.4 Å². The summed E-state index contributed by atoms with van der Waals surface area (Å²) in [5.41, 5.74) is 1.35. The van der Waals surface area contributed by atoms with Gasteiger partial charge in [-0.2, -0.15) is 0 Å². The van der Waals surface area contributed by atoms with Crippen LogP contribution in [0.15, 0.2) is 23.8 Å². The number of hydrogen-bond donors (Lipinski definition) is 1. The minimum atomic E-state index is -0.659. The Kier molecular flexibility index (Phi) is 5.20. The van der Waals surface area contributed by atoms with Gasteiger partial charge in [0.05, 0.1) is 6.42 Å². The smallest absolute Gasteiger partial charge is 0.303 e. The van der Waals surface area contributed by atoms with E-state index in [1.165, 1.54) is 18.4 Å². The average molecular weight is 263 g/mol. The summed E-state index contributed by atoms with van der Waals surface area (Å²) in [6.07, 6.45) is 12.3. The van der Waals surface area contributed by atoms with Gasteiger partial charge in [-0.3, -0.25) is 4.79 Å². The van der Waals surface area contributed by atoms with Crippen LogP contribution in [0.4, 0.5) is 0 Å². The zero-order valence-corrected chi connectivity index (χ0v) is 11.8. The first kappa shape index (κ1) is 14.3. The molecule has 1 atom stereocenters. The van der Waals surface area contributed by atoms with E-state index in [9.17, 15) is 4.79 Å². The molecule has 2 aliphatic rings. The number of hydrogen-bond acceptors (Lipinski definition) is 2. The first-order valence-electron chi connectivity index (χ1n) is 7.41. The van der Waals surface area contributed by atoms with Gasteiger partial charge in [0, 0.05) is 0 Å². The summed E-state index contributed by atoms with van der Waals surface area (Å²) < 4.78 is 0. The van der Waals surface area contributed by atoms with Gasteiger partial charge in [0.25, 0.3) is 0 Å². The van der Waals surface area contributed by atoms with Crippen molar-refractivity contribution >= 4 is 5.97 Å². The van der Waals surface area contributed by atoms with Gasteiger partial charge in [0.15, 0.2) is 0 Å². The summed E-state index contributed by atoms with van der Waals surface area (Å²) in [5.74, 6) is 0.289. The second-order valence-corrected chi connectivity index (χ2v) is 5.99. The van der Waals surface area contributed by atoms with E-state index in [0.29, 0.717) is 12.3 Å². The van der Waals surface area contributed by atoms with Gasteiger partial charge < -0.3 is 10.0 Å². The summed E-state index contributed by atoms with van der Waals surface area (Å²) in [4.78, 5) is 13.5. The standard InChI is InChI=1S/C16H25NO2/c1-17-9-7-13(8-10-17)11-15(12-16(18)19)14-5-3-2-4-6-14/h2-3,5,13,15H,4,6-12H2,1H3,(H,18,19). The second-order valence-electron chi connectivity index (χ2n) is 5.99.